The number of carbonyl (C=O) groups excluding carboxylic acids is 1. The SMILES string of the molecule is CCCC(=O)N=c1sc2cc(Cl)cc(C)c2n1CC. The molecule has 0 bridgehead atoms. The van der Waals surface area contributed by atoms with Crippen molar-refractivity contribution < 1.29 is 4.79 Å². The highest BCUT2D eigenvalue weighted by molar-refractivity contribution is 7.16. The molecule has 2 rings (SSSR count). The quantitative estimate of drug-likeness (QED) is 0.845. The van der Waals surface area contributed by atoms with Crippen molar-refractivity contribution in [3.63, 3.8) is 0 Å². The van der Waals surface area contributed by atoms with Gasteiger partial charge in [-0.2, -0.15) is 4.99 Å². The number of rotatable bonds is 3. The van der Waals surface area contributed by atoms with Crippen molar-refractivity contribution >= 4 is 39.1 Å². The average molecular weight is 297 g/mol. The van der Waals surface area contributed by atoms with E-state index in [1.807, 2.05) is 26.0 Å². The fourth-order valence-corrected chi connectivity index (χ4v) is 3.70. The molecule has 0 spiro atoms. The van der Waals surface area contributed by atoms with Crippen molar-refractivity contribution in [2.24, 2.45) is 4.99 Å². The molecule has 1 aromatic heterocycles. The van der Waals surface area contributed by atoms with Crippen LogP contribution in [-0.2, 0) is 11.3 Å². The smallest absolute Gasteiger partial charge is 0.248 e. The molecule has 0 aliphatic heterocycles. The Kier molecular flexibility index (Phi) is 4.42. The molecule has 0 aliphatic rings. The van der Waals surface area contributed by atoms with Gasteiger partial charge in [-0.05, 0) is 38.0 Å². The maximum atomic E-state index is 11.7. The molecule has 0 aliphatic carbocycles. The lowest BCUT2D eigenvalue weighted by Crippen LogP contribution is -2.16. The topological polar surface area (TPSA) is 34.4 Å². The molecule has 0 saturated heterocycles. The number of thiazole rings is 1. The van der Waals surface area contributed by atoms with Crippen LogP contribution < -0.4 is 4.80 Å². The monoisotopic (exact) mass is 296 g/mol. The minimum Gasteiger partial charge on any atom is -0.316 e. The number of hydrogen-bond acceptors (Lipinski definition) is 2. The van der Waals surface area contributed by atoms with Crippen molar-refractivity contribution in [3.05, 3.63) is 27.5 Å². The van der Waals surface area contributed by atoms with E-state index in [2.05, 4.69) is 16.5 Å². The van der Waals surface area contributed by atoms with E-state index >= 15 is 0 Å². The van der Waals surface area contributed by atoms with E-state index in [4.69, 9.17) is 11.6 Å². The molecule has 1 heterocycles. The van der Waals surface area contributed by atoms with Crippen LogP contribution in [0.25, 0.3) is 10.2 Å². The van der Waals surface area contributed by atoms with Crippen LogP contribution in [0.3, 0.4) is 0 Å². The molecule has 0 atom stereocenters. The first kappa shape index (κ1) is 14.3. The molecule has 19 heavy (non-hydrogen) atoms. The minimum absolute atomic E-state index is 0.0555. The van der Waals surface area contributed by atoms with Crippen molar-refractivity contribution in [1.29, 1.82) is 0 Å². The molecular formula is C14H17ClN2OS. The normalized spacial score (nSPS) is 12.3. The summed E-state index contributed by atoms with van der Waals surface area (Å²) >= 11 is 7.61. The number of amides is 1. The number of hydrogen-bond donors (Lipinski definition) is 0. The van der Waals surface area contributed by atoms with Crippen LogP contribution in [0.15, 0.2) is 17.1 Å². The Balaban J connectivity index is 2.69. The van der Waals surface area contributed by atoms with Crippen LogP contribution in [0.4, 0.5) is 0 Å². The highest BCUT2D eigenvalue weighted by Gasteiger charge is 2.09. The molecule has 0 radical (unpaired) electrons. The Morgan fingerprint density at radius 2 is 2.16 bits per heavy atom. The van der Waals surface area contributed by atoms with Crippen molar-refractivity contribution in [1.82, 2.24) is 4.57 Å². The van der Waals surface area contributed by atoms with Crippen molar-refractivity contribution in [2.75, 3.05) is 0 Å². The molecule has 0 unspecified atom stereocenters. The summed E-state index contributed by atoms with van der Waals surface area (Å²) in [6.07, 6.45) is 1.32. The molecule has 102 valence electrons. The summed E-state index contributed by atoms with van der Waals surface area (Å²) < 4.78 is 3.16. The number of halogens is 1. The van der Waals surface area contributed by atoms with Gasteiger partial charge < -0.3 is 4.57 Å². The summed E-state index contributed by atoms with van der Waals surface area (Å²) in [6, 6.07) is 3.88. The first-order valence-corrected chi connectivity index (χ1v) is 7.63. The summed E-state index contributed by atoms with van der Waals surface area (Å²) in [5.41, 5.74) is 2.24. The first-order valence-electron chi connectivity index (χ1n) is 6.43. The molecule has 0 N–H and O–H groups in total. The number of carbonyl (C=O) groups is 1. The lowest BCUT2D eigenvalue weighted by molar-refractivity contribution is -0.118. The van der Waals surface area contributed by atoms with Crippen molar-refractivity contribution in [3.8, 4) is 0 Å². The second-order valence-electron chi connectivity index (χ2n) is 4.45. The zero-order chi connectivity index (χ0) is 14.0. The van der Waals surface area contributed by atoms with Crippen LogP contribution in [0, 0.1) is 6.92 Å². The van der Waals surface area contributed by atoms with Gasteiger partial charge in [0.25, 0.3) is 0 Å². The summed E-state index contributed by atoms with van der Waals surface area (Å²) in [4.78, 5) is 16.7. The van der Waals surface area contributed by atoms with Gasteiger partial charge in [-0.3, -0.25) is 4.79 Å². The number of aromatic nitrogens is 1. The predicted molar refractivity (Wildman–Crippen MR) is 80.7 cm³/mol. The van der Waals surface area contributed by atoms with Crippen LogP contribution in [0.5, 0.6) is 0 Å². The second kappa shape index (κ2) is 5.88. The molecular weight excluding hydrogens is 280 g/mol. The third kappa shape index (κ3) is 2.90. The van der Waals surface area contributed by atoms with Gasteiger partial charge in [0.1, 0.15) is 0 Å². The number of aryl methyl sites for hydroxylation is 2. The van der Waals surface area contributed by atoms with Gasteiger partial charge in [0.15, 0.2) is 4.80 Å². The Hall–Kier alpha value is -1.13. The number of nitrogens with zero attached hydrogens (tertiary/aromatic N) is 2. The van der Waals surface area contributed by atoms with E-state index < -0.39 is 0 Å². The molecule has 0 saturated carbocycles. The third-order valence-electron chi connectivity index (χ3n) is 2.93. The summed E-state index contributed by atoms with van der Waals surface area (Å²) in [5.74, 6) is -0.0555. The van der Waals surface area contributed by atoms with Crippen LogP contribution >= 0.6 is 22.9 Å². The van der Waals surface area contributed by atoms with E-state index in [0.717, 1.165) is 38.6 Å². The fraction of sp³-hybridized carbons (Fsp3) is 0.429. The second-order valence-corrected chi connectivity index (χ2v) is 5.90. The maximum Gasteiger partial charge on any atom is 0.248 e. The Bertz CT molecular complexity index is 685. The fourth-order valence-electron chi connectivity index (χ4n) is 2.13. The molecule has 1 aromatic carbocycles. The lowest BCUT2D eigenvalue weighted by Gasteiger charge is -2.03. The Morgan fingerprint density at radius 1 is 1.42 bits per heavy atom. The van der Waals surface area contributed by atoms with E-state index in [1.165, 1.54) is 11.3 Å². The van der Waals surface area contributed by atoms with E-state index in [-0.39, 0.29) is 5.91 Å². The van der Waals surface area contributed by atoms with Gasteiger partial charge in [-0.15, -0.1) is 0 Å². The van der Waals surface area contributed by atoms with Crippen molar-refractivity contribution in [2.45, 2.75) is 40.2 Å². The minimum atomic E-state index is -0.0555. The zero-order valence-electron chi connectivity index (χ0n) is 11.4. The molecule has 3 nitrogen and oxygen atoms in total. The summed E-state index contributed by atoms with van der Waals surface area (Å²) in [5, 5.41) is 0.723. The van der Waals surface area contributed by atoms with Gasteiger partial charge in [0.05, 0.1) is 10.2 Å². The zero-order valence-corrected chi connectivity index (χ0v) is 12.9. The first-order chi connectivity index (χ1) is 9.06. The van der Waals surface area contributed by atoms with Gasteiger partial charge in [-0.1, -0.05) is 29.9 Å². The number of benzene rings is 1. The molecule has 1 amide bonds. The number of fused-ring (bicyclic) bond motifs is 1. The van der Waals surface area contributed by atoms with Crippen LogP contribution in [0.1, 0.15) is 32.3 Å². The molecule has 2 aromatic rings. The van der Waals surface area contributed by atoms with Crippen LogP contribution in [0.2, 0.25) is 5.02 Å². The van der Waals surface area contributed by atoms with E-state index in [0.29, 0.717) is 6.42 Å². The third-order valence-corrected chi connectivity index (χ3v) is 4.18. The van der Waals surface area contributed by atoms with Gasteiger partial charge in [0, 0.05) is 18.0 Å². The highest BCUT2D eigenvalue weighted by atomic mass is 35.5. The average Bonchev–Trinajstić information content (AvgIpc) is 2.66. The summed E-state index contributed by atoms with van der Waals surface area (Å²) in [7, 11) is 0. The predicted octanol–water partition coefficient (Wildman–Crippen LogP) is 3.91. The Labute approximate surface area is 121 Å². The maximum absolute atomic E-state index is 11.7. The van der Waals surface area contributed by atoms with E-state index in [1.54, 1.807) is 0 Å². The largest absolute Gasteiger partial charge is 0.316 e. The van der Waals surface area contributed by atoms with Gasteiger partial charge >= 0.3 is 0 Å². The van der Waals surface area contributed by atoms with Gasteiger partial charge in [-0.25, -0.2) is 0 Å². The highest BCUT2D eigenvalue weighted by Crippen LogP contribution is 2.25. The Morgan fingerprint density at radius 3 is 2.79 bits per heavy atom. The van der Waals surface area contributed by atoms with Gasteiger partial charge in [0.2, 0.25) is 5.91 Å². The standard InChI is InChI=1S/C14H17ClN2OS/c1-4-6-12(18)16-14-17(5-2)13-9(3)7-10(15)8-11(13)19-14/h7-8H,4-6H2,1-3H3. The molecule has 5 heteroatoms. The summed E-state index contributed by atoms with van der Waals surface area (Å²) in [6.45, 7) is 6.87. The van der Waals surface area contributed by atoms with Crippen LogP contribution in [-0.4, -0.2) is 10.5 Å². The lowest BCUT2D eigenvalue weighted by atomic mass is 10.2. The molecule has 0 fully saturated rings. The van der Waals surface area contributed by atoms with E-state index in [9.17, 15) is 4.79 Å².